The number of hydrogen-bond donors (Lipinski definition) is 1. The summed E-state index contributed by atoms with van der Waals surface area (Å²) in [5, 5.41) is 0. The molecular formula is C10H14FN3O2. The lowest BCUT2D eigenvalue weighted by Gasteiger charge is -2.28. The van der Waals surface area contributed by atoms with E-state index in [-0.39, 0.29) is 17.4 Å². The van der Waals surface area contributed by atoms with E-state index >= 15 is 0 Å². The summed E-state index contributed by atoms with van der Waals surface area (Å²) in [4.78, 5) is 5.88. The molecule has 1 aliphatic rings. The lowest BCUT2D eigenvalue weighted by atomic mass is 10.3. The van der Waals surface area contributed by atoms with E-state index in [0.29, 0.717) is 26.3 Å². The Hall–Kier alpha value is -1.56. The summed E-state index contributed by atoms with van der Waals surface area (Å²) in [6, 6.07) is 1.23. The van der Waals surface area contributed by atoms with E-state index in [1.54, 1.807) is 0 Å². The number of nitrogens with two attached hydrogens (primary N) is 1. The third kappa shape index (κ3) is 2.01. The Balaban J connectivity index is 2.31. The van der Waals surface area contributed by atoms with Crippen LogP contribution in [0, 0.1) is 5.82 Å². The summed E-state index contributed by atoms with van der Waals surface area (Å²) in [5.74, 6) is 0.0949. The van der Waals surface area contributed by atoms with E-state index in [1.807, 2.05) is 4.90 Å². The molecule has 0 aromatic carbocycles. The van der Waals surface area contributed by atoms with Crippen LogP contribution in [0.2, 0.25) is 0 Å². The number of ether oxygens (including phenoxy) is 2. The van der Waals surface area contributed by atoms with Gasteiger partial charge in [0.2, 0.25) is 5.88 Å². The summed E-state index contributed by atoms with van der Waals surface area (Å²) in [5.41, 5.74) is 5.77. The fourth-order valence-corrected chi connectivity index (χ4v) is 1.64. The number of aromatic nitrogens is 1. The van der Waals surface area contributed by atoms with Gasteiger partial charge in [-0.1, -0.05) is 0 Å². The number of morpholine rings is 1. The van der Waals surface area contributed by atoms with E-state index in [9.17, 15) is 4.39 Å². The number of hydrogen-bond acceptors (Lipinski definition) is 5. The highest BCUT2D eigenvalue weighted by Crippen LogP contribution is 2.26. The molecule has 1 saturated heterocycles. The number of nitrogen functional groups attached to an aromatic ring is 1. The van der Waals surface area contributed by atoms with Crippen LogP contribution in [-0.4, -0.2) is 38.4 Å². The van der Waals surface area contributed by atoms with Gasteiger partial charge in [-0.05, 0) is 0 Å². The van der Waals surface area contributed by atoms with Crippen LogP contribution in [-0.2, 0) is 4.74 Å². The number of methoxy groups -OCH3 is 1. The molecule has 2 heterocycles. The molecule has 0 unspecified atom stereocenters. The Labute approximate surface area is 93.0 Å². The van der Waals surface area contributed by atoms with Gasteiger partial charge >= 0.3 is 0 Å². The first-order chi connectivity index (χ1) is 7.72. The molecule has 6 heteroatoms. The van der Waals surface area contributed by atoms with Gasteiger partial charge in [-0.3, -0.25) is 0 Å². The van der Waals surface area contributed by atoms with Crippen molar-refractivity contribution in [3.8, 4) is 5.88 Å². The zero-order valence-corrected chi connectivity index (χ0v) is 9.07. The van der Waals surface area contributed by atoms with E-state index in [2.05, 4.69) is 4.98 Å². The molecule has 1 aliphatic heterocycles. The number of pyridine rings is 1. The predicted octanol–water partition coefficient (Wildman–Crippen LogP) is 0.648. The van der Waals surface area contributed by atoms with Crippen molar-refractivity contribution in [1.82, 2.24) is 4.98 Å². The first-order valence-electron chi connectivity index (χ1n) is 5.05. The average molecular weight is 227 g/mol. The van der Waals surface area contributed by atoms with Gasteiger partial charge in [0.1, 0.15) is 0 Å². The van der Waals surface area contributed by atoms with Crippen LogP contribution in [0.25, 0.3) is 0 Å². The highest BCUT2D eigenvalue weighted by atomic mass is 19.1. The van der Waals surface area contributed by atoms with Crippen molar-refractivity contribution in [1.29, 1.82) is 0 Å². The smallest absolute Gasteiger partial charge is 0.239 e. The lowest BCUT2D eigenvalue weighted by molar-refractivity contribution is 0.122. The molecule has 0 bridgehead atoms. The fraction of sp³-hybridized carbons (Fsp3) is 0.500. The van der Waals surface area contributed by atoms with Gasteiger partial charge in [0.25, 0.3) is 0 Å². The first-order valence-corrected chi connectivity index (χ1v) is 5.05. The van der Waals surface area contributed by atoms with Crippen LogP contribution in [0.3, 0.4) is 0 Å². The van der Waals surface area contributed by atoms with Gasteiger partial charge in [0, 0.05) is 19.2 Å². The molecule has 5 nitrogen and oxygen atoms in total. The molecule has 1 aromatic rings. The molecule has 0 spiro atoms. The molecule has 0 radical (unpaired) electrons. The molecule has 2 rings (SSSR count). The van der Waals surface area contributed by atoms with Crippen LogP contribution in [0.4, 0.5) is 15.9 Å². The molecule has 1 fully saturated rings. The summed E-state index contributed by atoms with van der Waals surface area (Å²) in [6.07, 6.45) is 0. The molecule has 2 N–H and O–H groups in total. The zero-order chi connectivity index (χ0) is 11.5. The van der Waals surface area contributed by atoms with Crippen molar-refractivity contribution in [2.24, 2.45) is 0 Å². The first kappa shape index (κ1) is 10.9. The second-order valence-electron chi connectivity index (χ2n) is 3.49. The third-order valence-electron chi connectivity index (χ3n) is 2.45. The predicted molar refractivity (Wildman–Crippen MR) is 58.2 cm³/mol. The van der Waals surface area contributed by atoms with Crippen LogP contribution >= 0.6 is 0 Å². The molecule has 0 aliphatic carbocycles. The number of nitrogens with zero attached hydrogens (tertiary/aromatic N) is 2. The van der Waals surface area contributed by atoms with Crippen molar-refractivity contribution < 1.29 is 13.9 Å². The quantitative estimate of drug-likeness (QED) is 0.803. The van der Waals surface area contributed by atoms with Gasteiger partial charge in [0.05, 0.1) is 26.0 Å². The van der Waals surface area contributed by atoms with Crippen molar-refractivity contribution in [3.05, 3.63) is 11.9 Å². The van der Waals surface area contributed by atoms with Crippen LogP contribution in [0.5, 0.6) is 5.88 Å². The Morgan fingerprint density at radius 3 is 2.81 bits per heavy atom. The maximum Gasteiger partial charge on any atom is 0.239 e. The topological polar surface area (TPSA) is 60.6 Å². The van der Waals surface area contributed by atoms with Gasteiger partial charge in [-0.15, -0.1) is 0 Å². The maximum absolute atomic E-state index is 13.7. The molecule has 16 heavy (non-hydrogen) atoms. The van der Waals surface area contributed by atoms with E-state index in [4.69, 9.17) is 15.2 Å². The molecule has 0 amide bonds. The normalized spacial score (nSPS) is 16.2. The molecule has 0 saturated carbocycles. The maximum atomic E-state index is 13.7. The van der Waals surface area contributed by atoms with Gasteiger partial charge in [0.15, 0.2) is 11.6 Å². The SMILES string of the molecule is COc1nc(N2CCOCC2)c(F)cc1N. The van der Waals surface area contributed by atoms with Crippen LogP contribution in [0.15, 0.2) is 6.07 Å². The van der Waals surface area contributed by atoms with Crippen molar-refractivity contribution >= 4 is 11.5 Å². The fourth-order valence-electron chi connectivity index (χ4n) is 1.64. The van der Waals surface area contributed by atoms with E-state index in [1.165, 1.54) is 13.2 Å². The second kappa shape index (κ2) is 4.52. The summed E-state index contributed by atoms with van der Waals surface area (Å²) >= 11 is 0. The highest BCUT2D eigenvalue weighted by Gasteiger charge is 2.18. The standard InChI is InChI=1S/C10H14FN3O2/c1-15-10-8(12)6-7(11)9(13-10)14-2-4-16-5-3-14/h6H,2-5,12H2,1H3. The van der Waals surface area contributed by atoms with Crippen LogP contribution < -0.4 is 15.4 Å². The average Bonchev–Trinajstić information content (AvgIpc) is 2.30. The Bertz CT molecular complexity index is 381. The monoisotopic (exact) mass is 227 g/mol. The minimum atomic E-state index is -0.430. The zero-order valence-electron chi connectivity index (χ0n) is 9.07. The summed E-state index contributed by atoms with van der Waals surface area (Å²) in [6.45, 7) is 2.40. The van der Waals surface area contributed by atoms with Crippen molar-refractivity contribution in [2.45, 2.75) is 0 Å². The largest absolute Gasteiger partial charge is 0.479 e. The van der Waals surface area contributed by atoms with Gasteiger partial charge < -0.3 is 20.1 Å². The molecule has 1 aromatic heterocycles. The Kier molecular flexibility index (Phi) is 3.09. The highest BCUT2D eigenvalue weighted by molar-refractivity contribution is 5.55. The third-order valence-corrected chi connectivity index (χ3v) is 2.45. The number of rotatable bonds is 2. The number of anilines is 2. The van der Waals surface area contributed by atoms with Crippen LogP contribution in [0.1, 0.15) is 0 Å². The summed E-state index contributed by atoms with van der Waals surface area (Å²) in [7, 11) is 1.46. The molecule has 0 atom stereocenters. The second-order valence-corrected chi connectivity index (χ2v) is 3.49. The number of halogens is 1. The Morgan fingerprint density at radius 2 is 2.19 bits per heavy atom. The molecular weight excluding hydrogens is 213 g/mol. The minimum absolute atomic E-state index is 0.206. The van der Waals surface area contributed by atoms with Gasteiger partial charge in [-0.2, -0.15) is 4.98 Å². The van der Waals surface area contributed by atoms with Crippen molar-refractivity contribution in [2.75, 3.05) is 44.0 Å². The van der Waals surface area contributed by atoms with Crippen molar-refractivity contribution in [3.63, 3.8) is 0 Å². The molecule has 88 valence electrons. The van der Waals surface area contributed by atoms with Gasteiger partial charge in [-0.25, -0.2) is 4.39 Å². The van der Waals surface area contributed by atoms with E-state index in [0.717, 1.165) is 0 Å². The Morgan fingerprint density at radius 1 is 1.50 bits per heavy atom. The summed E-state index contributed by atoms with van der Waals surface area (Å²) < 4.78 is 23.8. The lowest BCUT2D eigenvalue weighted by Crippen LogP contribution is -2.37. The minimum Gasteiger partial charge on any atom is -0.479 e. The van der Waals surface area contributed by atoms with E-state index < -0.39 is 5.82 Å².